The Morgan fingerprint density at radius 2 is 1.82 bits per heavy atom. The Hall–Kier alpha value is -3.14. The topological polar surface area (TPSA) is 89.0 Å². The zero-order chi connectivity index (χ0) is 24.7. The summed E-state index contributed by atoms with van der Waals surface area (Å²) in [5.74, 6) is -1.56. The molecule has 3 aromatic rings. The van der Waals surface area contributed by atoms with Gasteiger partial charge in [-0.1, -0.05) is 29.3 Å². The molecule has 176 valence electrons. The molecule has 0 atom stereocenters. The van der Waals surface area contributed by atoms with Crippen molar-refractivity contribution in [2.45, 2.75) is 6.61 Å². The van der Waals surface area contributed by atoms with Gasteiger partial charge in [-0.15, -0.1) is 0 Å². The zero-order valence-corrected chi connectivity index (χ0v) is 20.7. The number of anilines is 1. The molecule has 0 aliphatic heterocycles. The monoisotopic (exact) mass is 567 g/mol. The lowest BCUT2D eigenvalue weighted by Gasteiger charge is -2.14. The van der Waals surface area contributed by atoms with Gasteiger partial charge < -0.3 is 14.8 Å². The molecule has 0 fully saturated rings. The lowest BCUT2D eigenvalue weighted by molar-refractivity contribution is -0.136. The first-order valence-corrected chi connectivity index (χ1v) is 11.2. The third-order valence-electron chi connectivity index (χ3n) is 4.33. The van der Waals surface area contributed by atoms with Crippen LogP contribution in [0.4, 0.5) is 10.1 Å². The third-order valence-corrected chi connectivity index (χ3v) is 5.50. The Morgan fingerprint density at radius 3 is 2.50 bits per heavy atom. The molecule has 11 heteroatoms. The summed E-state index contributed by atoms with van der Waals surface area (Å²) in [4.78, 5) is 23.9. The van der Waals surface area contributed by atoms with E-state index in [1.54, 1.807) is 30.3 Å². The molecule has 3 rings (SSSR count). The van der Waals surface area contributed by atoms with Crippen LogP contribution in [0.1, 0.15) is 11.1 Å². The van der Waals surface area contributed by atoms with Crippen LogP contribution >= 0.6 is 39.1 Å². The molecule has 0 aromatic heterocycles. The molecule has 0 aliphatic carbocycles. The van der Waals surface area contributed by atoms with E-state index in [0.29, 0.717) is 31.6 Å². The fourth-order valence-corrected chi connectivity index (χ4v) is 3.72. The molecule has 0 saturated heterocycles. The van der Waals surface area contributed by atoms with Crippen molar-refractivity contribution < 1.29 is 23.5 Å². The lowest BCUT2D eigenvalue weighted by Crippen LogP contribution is -2.32. The average molecular weight is 569 g/mol. The molecule has 0 spiro atoms. The molecule has 3 aromatic carbocycles. The van der Waals surface area contributed by atoms with Gasteiger partial charge in [0.05, 0.1) is 17.8 Å². The van der Waals surface area contributed by atoms with Crippen molar-refractivity contribution in [3.63, 3.8) is 0 Å². The summed E-state index contributed by atoms with van der Waals surface area (Å²) in [6.07, 6.45) is 1.33. The molecule has 0 heterocycles. The molecule has 2 amide bonds. The van der Waals surface area contributed by atoms with E-state index in [0.717, 1.165) is 17.7 Å². The smallest absolute Gasteiger partial charge is 0.329 e. The van der Waals surface area contributed by atoms with Crippen molar-refractivity contribution in [3.8, 4) is 11.5 Å². The Morgan fingerprint density at radius 1 is 1.09 bits per heavy atom. The number of halogens is 4. The maximum absolute atomic E-state index is 12.9. The molecule has 0 bridgehead atoms. The van der Waals surface area contributed by atoms with E-state index in [1.165, 1.54) is 25.5 Å². The standard InChI is InChI=1S/C23H17BrCl2FN3O4/c1-33-20-9-13(8-18(24)21(20)34-12-14-2-3-15(25)10-19(14)26)11-28-30-23(32)22(31)29-17-6-4-16(27)5-7-17/h2-11H,12H2,1H3,(H,29,31)(H,30,32)/b28-11+. The molecular weight excluding hydrogens is 552 g/mol. The number of hydrogen-bond donors (Lipinski definition) is 2. The Kier molecular flexibility index (Phi) is 8.86. The van der Waals surface area contributed by atoms with Crippen LogP contribution in [-0.2, 0) is 16.2 Å². The molecule has 0 radical (unpaired) electrons. The van der Waals surface area contributed by atoms with Crippen molar-refractivity contribution in [1.82, 2.24) is 5.43 Å². The van der Waals surface area contributed by atoms with E-state index >= 15 is 0 Å². The van der Waals surface area contributed by atoms with Gasteiger partial charge in [-0.3, -0.25) is 9.59 Å². The molecule has 0 unspecified atom stereocenters. The number of carbonyl (C=O) groups is 2. The van der Waals surface area contributed by atoms with Gasteiger partial charge in [0, 0.05) is 21.3 Å². The Balaban J connectivity index is 1.63. The van der Waals surface area contributed by atoms with Crippen LogP contribution in [0.5, 0.6) is 11.5 Å². The molecule has 2 N–H and O–H groups in total. The van der Waals surface area contributed by atoms with Crippen LogP contribution in [0.15, 0.2) is 64.2 Å². The van der Waals surface area contributed by atoms with Gasteiger partial charge in [-0.2, -0.15) is 5.10 Å². The number of ether oxygens (including phenoxy) is 2. The maximum Gasteiger partial charge on any atom is 0.329 e. The Bertz CT molecular complexity index is 1240. The second-order valence-electron chi connectivity index (χ2n) is 6.72. The highest BCUT2D eigenvalue weighted by molar-refractivity contribution is 9.10. The third kappa shape index (κ3) is 6.93. The zero-order valence-electron chi connectivity index (χ0n) is 17.6. The van der Waals surface area contributed by atoms with Gasteiger partial charge in [0.15, 0.2) is 11.5 Å². The van der Waals surface area contributed by atoms with Crippen LogP contribution in [0.2, 0.25) is 10.0 Å². The van der Waals surface area contributed by atoms with Crippen molar-refractivity contribution in [3.05, 3.63) is 86.1 Å². The van der Waals surface area contributed by atoms with Crippen LogP contribution in [0.25, 0.3) is 0 Å². The van der Waals surface area contributed by atoms with E-state index in [4.69, 9.17) is 32.7 Å². The first-order valence-electron chi connectivity index (χ1n) is 9.61. The first kappa shape index (κ1) is 25.5. The van der Waals surface area contributed by atoms with Gasteiger partial charge >= 0.3 is 11.8 Å². The van der Waals surface area contributed by atoms with Crippen LogP contribution in [-0.4, -0.2) is 25.1 Å². The van der Waals surface area contributed by atoms with Crippen molar-refractivity contribution in [2.75, 3.05) is 12.4 Å². The number of carbonyl (C=O) groups excluding carboxylic acids is 2. The van der Waals surface area contributed by atoms with Crippen molar-refractivity contribution >= 4 is 62.8 Å². The van der Waals surface area contributed by atoms with Crippen molar-refractivity contribution in [1.29, 1.82) is 0 Å². The van der Waals surface area contributed by atoms with E-state index < -0.39 is 17.6 Å². The molecular formula is C23H17BrCl2FN3O4. The normalized spacial score (nSPS) is 10.7. The van der Waals surface area contributed by atoms with Gasteiger partial charge in [-0.05, 0) is 70.0 Å². The summed E-state index contributed by atoms with van der Waals surface area (Å²) in [5, 5.41) is 7.12. The molecule has 0 saturated carbocycles. The summed E-state index contributed by atoms with van der Waals surface area (Å²) in [5.41, 5.74) is 3.69. The average Bonchev–Trinajstić information content (AvgIpc) is 2.80. The number of nitrogens with one attached hydrogen (secondary N) is 2. The predicted molar refractivity (Wildman–Crippen MR) is 132 cm³/mol. The minimum absolute atomic E-state index is 0.178. The SMILES string of the molecule is COc1cc(/C=N/NC(=O)C(=O)Nc2ccc(F)cc2)cc(Br)c1OCc1ccc(Cl)cc1Cl. The fourth-order valence-electron chi connectivity index (χ4n) is 2.68. The summed E-state index contributed by atoms with van der Waals surface area (Å²) in [6, 6.07) is 13.4. The van der Waals surface area contributed by atoms with E-state index in [2.05, 4.69) is 31.8 Å². The Labute approximate surface area is 213 Å². The summed E-state index contributed by atoms with van der Waals surface area (Å²) in [7, 11) is 1.48. The van der Waals surface area contributed by atoms with Gasteiger partial charge in [0.1, 0.15) is 12.4 Å². The largest absolute Gasteiger partial charge is 0.493 e. The lowest BCUT2D eigenvalue weighted by atomic mass is 10.2. The summed E-state index contributed by atoms with van der Waals surface area (Å²) in [6.45, 7) is 0.178. The van der Waals surface area contributed by atoms with Gasteiger partial charge in [0.2, 0.25) is 0 Å². The highest BCUT2D eigenvalue weighted by Gasteiger charge is 2.14. The van der Waals surface area contributed by atoms with E-state index in [1.807, 2.05) is 0 Å². The number of benzene rings is 3. The van der Waals surface area contributed by atoms with Crippen LogP contribution in [0, 0.1) is 5.82 Å². The van der Waals surface area contributed by atoms with Crippen LogP contribution in [0.3, 0.4) is 0 Å². The number of nitrogens with zero attached hydrogens (tertiary/aromatic N) is 1. The highest BCUT2D eigenvalue weighted by Crippen LogP contribution is 2.37. The first-order chi connectivity index (χ1) is 16.3. The van der Waals surface area contributed by atoms with E-state index in [-0.39, 0.29) is 12.3 Å². The van der Waals surface area contributed by atoms with Gasteiger partial charge in [0.25, 0.3) is 0 Å². The predicted octanol–water partition coefficient (Wildman–Crippen LogP) is 5.57. The number of amides is 2. The van der Waals surface area contributed by atoms with E-state index in [9.17, 15) is 14.0 Å². The highest BCUT2D eigenvalue weighted by atomic mass is 79.9. The number of methoxy groups -OCH3 is 1. The molecule has 7 nitrogen and oxygen atoms in total. The number of hydrazone groups is 1. The maximum atomic E-state index is 12.9. The minimum atomic E-state index is -0.994. The van der Waals surface area contributed by atoms with Gasteiger partial charge in [-0.25, -0.2) is 9.82 Å². The van der Waals surface area contributed by atoms with Crippen LogP contribution < -0.4 is 20.2 Å². The molecule has 0 aliphatic rings. The summed E-state index contributed by atoms with van der Waals surface area (Å²) < 4.78 is 24.8. The number of rotatable bonds is 7. The summed E-state index contributed by atoms with van der Waals surface area (Å²) >= 11 is 15.5. The second-order valence-corrected chi connectivity index (χ2v) is 8.42. The number of hydrogen-bond acceptors (Lipinski definition) is 5. The second kappa shape index (κ2) is 11.8. The quantitative estimate of drug-likeness (QED) is 0.221. The minimum Gasteiger partial charge on any atom is -0.493 e. The molecule has 34 heavy (non-hydrogen) atoms. The fraction of sp³-hybridized carbons (Fsp3) is 0.0870. The van der Waals surface area contributed by atoms with Crippen molar-refractivity contribution in [2.24, 2.45) is 5.10 Å².